The molecule has 0 aliphatic carbocycles. The number of aromatic nitrogens is 3. The third-order valence-electron chi connectivity index (χ3n) is 2.43. The van der Waals surface area contributed by atoms with Crippen molar-refractivity contribution in [2.75, 3.05) is 31.3 Å². The highest BCUT2D eigenvalue weighted by Gasteiger charge is 2.11. The van der Waals surface area contributed by atoms with E-state index in [1.54, 1.807) is 0 Å². The normalized spacial score (nSPS) is 12.2. The fourth-order valence-corrected chi connectivity index (χ4v) is 1.30. The number of rotatable bonds is 5. The lowest BCUT2D eigenvalue weighted by Crippen LogP contribution is -2.26. The largest absolute Gasteiger partial charge is 0.467 e. The maximum Gasteiger partial charge on any atom is 0.322 e. The van der Waals surface area contributed by atoms with Crippen LogP contribution in [0.15, 0.2) is 0 Å². The van der Waals surface area contributed by atoms with Crippen LogP contribution in [0.4, 0.5) is 11.9 Å². The fraction of sp³-hybridized carbons (Fsp3) is 0.700. The number of nitrogens with zero attached hydrogens (tertiary/aromatic N) is 4. The van der Waals surface area contributed by atoms with Gasteiger partial charge in [0.15, 0.2) is 0 Å². The molecule has 0 aliphatic rings. The van der Waals surface area contributed by atoms with E-state index < -0.39 is 0 Å². The summed E-state index contributed by atoms with van der Waals surface area (Å²) in [7, 11) is 3.44. The monoisotopic (exact) mass is 225 g/mol. The molecule has 1 aromatic rings. The third-order valence-corrected chi connectivity index (χ3v) is 2.43. The van der Waals surface area contributed by atoms with Crippen LogP contribution in [0.5, 0.6) is 6.01 Å². The molecule has 0 aliphatic heterocycles. The molecular formula is C10H19N5O. The minimum atomic E-state index is 0.179. The van der Waals surface area contributed by atoms with Gasteiger partial charge in [-0.2, -0.15) is 15.0 Å². The number of hydrogen-bond acceptors (Lipinski definition) is 6. The number of ether oxygens (including phenoxy) is 1. The number of methoxy groups -OCH3 is 1. The minimum Gasteiger partial charge on any atom is -0.467 e. The zero-order valence-electron chi connectivity index (χ0n) is 10.3. The Morgan fingerprint density at radius 3 is 2.62 bits per heavy atom. The van der Waals surface area contributed by atoms with Gasteiger partial charge >= 0.3 is 6.01 Å². The first kappa shape index (κ1) is 12.5. The van der Waals surface area contributed by atoms with Crippen molar-refractivity contribution in [1.29, 1.82) is 0 Å². The summed E-state index contributed by atoms with van der Waals surface area (Å²) in [6.07, 6.45) is 1.11. The first-order valence-electron chi connectivity index (χ1n) is 5.33. The molecule has 1 rings (SSSR count). The predicted octanol–water partition coefficient (Wildman–Crippen LogP) is 0.945. The summed E-state index contributed by atoms with van der Waals surface area (Å²) in [6, 6.07) is 0.249. The summed E-state index contributed by atoms with van der Waals surface area (Å²) >= 11 is 0. The summed E-state index contributed by atoms with van der Waals surface area (Å²) in [5.74, 6) is 1.30. The van der Waals surface area contributed by atoms with Gasteiger partial charge in [-0.1, -0.05) is 20.3 Å². The second kappa shape index (κ2) is 5.48. The van der Waals surface area contributed by atoms with Gasteiger partial charge in [0.1, 0.15) is 0 Å². The van der Waals surface area contributed by atoms with Crippen LogP contribution < -0.4 is 15.4 Å². The molecule has 0 bridgehead atoms. The van der Waals surface area contributed by atoms with E-state index in [-0.39, 0.29) is 12.0 Å². The van der Waals surface area contributed by atoms with Crippen LogP contribution >= 0.6 is 0 Å². The van der Waals surface area contributed by atoms with E-state index in [2.05, 4.69) is 28.8 Å². The number of anilines is 2. The summed E-state index contributed by atoms with van der Waals surface area (Å²) in [6.45, 7) is 5.21. The Morgan fingerprint density at radius 2 is 2.06 bits per heavy atom. The first-order chi connectivity index (χ1) is 7.56. The molecule has 0 aromatic carbocycles. The van der Waals surface area contributed by atoms with Crippen molar-refractivity contribution in [2.24, 2.45) is 5.92 Å². The maximum atomic E-state index is 5.57. The average Bonchev–Trinajstić information content (AvgIpc) is 2.27. The highest BCUT2D eigenvalue weighted by Crippen LogP contribution is 2.13. The van der Waals surface area contributed by atoms with Crippen molar-refractivity contribution in [3.05, 3.63) is 0 Å². The number of nitrogens with two attached hydrogens (primary N) is 1. The molecule has 1 atom stereocenters. The first-order valence-corrected chi connectivity index (χ1v) is 5.33. The van der Waals surface area contributed by atoms with Crippen LogP contribution in [-0.4, -0.2) is 35.7 Å². The van der Waals surface area contributed by atoms with Crippen LogP contribution in [0.2, 0.25) is 0 Å². The van der Waals surface area contributed by atoms with Crippen LogP contribution in [0.3, 0.4) is 0 Å². The second-order valence-corrected chi connectivity index (χ2v) is 3.87. The molecule has 0 radical (unpaired) electrons. The van der Waals surface area contributed by atoms with Crippen LogP contribution in [0.25, 0.3) is 0 Å². The van der Waals surface area contributed by atoms with Gasteiger partial charge in [0.05, 0.1) is 7.11 Å². The van der Waals surface area contributed by atoms with Gasteiger partial charge in [0.2, 0.25) is 11.9 Å². The summed E-state index contributed by atoms with van der Waals surface area (Å²) in [5, 5.41) is 0. The molecule has 0 spiro atoms. The summed E-state index contributed by atoms with van der Waals surface area (Å²) < 4.78 is 4.95. The molecule has 90 valence electrons. The molecule has 0 fully saturated rings. The Morgan fingerprint density at radius 1 is 1.38 bits per heavy atom. The Balaban J connectivity index is 2.82. The third kappa shape index (κ3) is 3.22. The Bertz CT molecular complexity index is 344. The van der Waals surface area contributed by atoms with Gasteiger partial charge in [-0.25, -0.2) is 0 Å². The molecule has 0 saturated heterocycles. The highest BCUT2D eigenvalue weighted by molar-refractivity contribution is 5.34. The topological polar surface area (TPSA) is 77.2 Å². The van der Waals surface area contributed by atoms with Crippen molar-refractivity contribution in [2.45, 2.75) is 20.3 Å². The van der Waals surface area contributed by atoms with Gasteiger partial charge in [-0.15, -0.1) is 0 Å². The molecule has 0 saturated carbocycles. The van der Waals surface area contributed by atoms with Gasteiger partial charge in [-0.3, -0.25) is 0 Å². The van der Waals surface area contributed by atoms with Gasteiger partial charge in [0, 0.05) is 13.6 Å². The second-order valence-electron chi connectivity index (χ2n) is 3.87. The Hall–Kier alpha value is -1.59. The van der Waals surface area contributed by atoms with Crippen molar-refractivity contribution in [3.8, 4) is 6.01 Å². The van der Waals surface area contributed by atoms with E-state index in [9.17, 15) is 0 Å². The van der Waals surface area contributed by atoms with Crippen LogP contribution in [0, 0.1) is 5.92 Å². The molecule has 1 aromatic heterocycles. The highest BCUT2D eigenvalue weighted by atomic mass is 16.5. The zero-order chi connectivity index (χ0) is 12.1. The molecule has 6 heteroatoms. The predicted molar refractivity (Wildman–Crippen MR) is 63.5 cm³/mol. The molecule has 0 amide bonds. The zero-order valence-corrected chi connectivity index (χ0v) is 10.3. The fourth-order valence-electron chi connectivity index (χ4n) is 1.30. The lowest BCUT2D eigenvalue weighted by molar-refractivity contribution is 0.378. The van der Waals surface area contributed by atoms with E-state index in [0.29, 0.717) is 11.9 Å². The molecule has 1 heterocycles. The van der Waals surface area contributed by atoms with Crippen molar-refractivity contribution in [3.63, 3.8) is 0 Å². The quantitative estimate of drug-likeness (QED) is 0.803. The lowest BCUT2D eigenvalue weighted by Gasteiger charge is -2.20. The molecule has 16 heavy (non-hydrogen) atoms. The SMILES string of the molecule is CCC(C)CN(C)c1nc(N)nc(OC)n1. The Labute approximate surface area is 95.9 Å². The van der Waals surface area contributed by atoms with Crippen LogP contribution in [0.1, 0.15) is 20.3 Å². The van der Waals surface area contributed by atoms with E-state index in [0.717, 1.165) is 13.0 Å². The summed E-state index contributed by atoms with van der Waals surface area (Å²) in [5.41, 5.74) is 5.57. The summed E-state index contributed by atoms with van der Waals surface area (Å²) in [4.78, 5) is 14.0. The minimum absolute atomic E-state index is 0.179. The van der Waals surface area contributed by atoms with Crippen LogP contribution in [-0.2, 0) is 0 Å². The van der Waals surface area contributed by atoms with Gasteiger partial charge in [-0.05, 0) is 5.92 Å². The standard InChI is InChI=1S/C10H19N5O/c1-5-7(2)6-15(3)9-12-8(11)13-10(14-9)16-4/h7H,5-6H2,1-4H3,(H2,11,12,13,14). The smallest absolute Gasteiger partial charge is 0.322 e. The molecule has 2 N–H and O–H groups in total. The Kier molecular flexibility index (Phi) is 4.28. The van der Waals surface area contributed by atoms with E-state index in [1.165, 1.54) is 7.11 Å². The van der Waals surface area contributed by atoms with Crippen molar-refractivity contribution >= 4 is 11.9 Å². The van der Waals surface area contributed by atoms with Crippen molar-refractivity contribution in [1.82, 2.24) is 15.0 Å². The number of hydrogen-bond donors (Lipinski definition) is 1. The molecular weight excluding hydrogens is 206 g/mol. The average molecular weight is 225 g/mol. The molecule has 6 nitrogen and oxygen atoms in total. The van der Waals surface area contributed by atoms with Gasteiger partial charge < -0.3 is 15.4 Å². The van der Waals surface area contributed by atoms with E-state index in [1.807, 2.05) is 11.9 Å². The molecule has 1 unspecified atom stereocenters. The van der Waals surface area contributed by atoms with E-state index in [4.69, 9.17) is 10.5 Å². The lowest BCUT2D eigenvalue weighted by atomic mass is 10.1. The van der Waals surface area contributed by atoms with Gasteiger partial charge in [0.25, 0.3) is 0 Å². The van der Waals surface area contributed by atoms with Crippen molar-refractivity contribution < 1.29 is 4.74 Å². The van der Waals surface area contributed by atoms with E-state index >= 15 is 0 Å². The maximum absolute atomic E-state index is 5.57. The number of nitrogen functional groups attached to an aromatic ring is 1.